The number of nitrogens with one attached hydrogen (secondary N) is 2. The van der Waals surface area contributed by atoms with Crippen molar-refractivity contribution in [3.05, 3.63) is 94.5 Å². The second-order valence-corrected chi connectivity index (χ2v) is 7.32. The van der Waals surface area contributed by atoms with Gasteiger partial charge in [-0.05, 0) is 60.2 Å². The first-order chi connectivity index (χ1) is 15.0. The van der Waals surface area contributed by atoms with E-state index in [0.29, 0.717) is 22.7 Å². The molecule has 0 spiro atoms. The fourth-order valence-electron chi connectivity index (χ4n) is 2.57. The molecule has 31 heavy (non-hydrogen) atoms. The summed E-state index contributed by atoms with van der Waals surface area (Å²) in [5.74, 6) is -0.271. The van der Waals surface area contributed by atoms with Gasteiger partial charge in [0.25, 0.3) is 11.8 Å². The van der Waals surface area contributed by atoms with Gasteiger partial charge in [0, 0.05) is 15.8 Å². The van der Waals surface area contributed by atoms with Crippen molar-refractivity contribution in [3.63, 3.8) is 0 Å². The Kier molecular flexibility index (Phi) is 7.57. The van der Waals surface area contributed by atoms with Crippen LogP contribution in [0.3, 0.4) is 0 Å². The summed E-state index contributed by atoms with van der Waals surface area (Å²) < 4.78 is 6.37. The Bertz CT molecular complexity index is 1120. The summed E-state index contributed by atoms with van der Waals surface area (Å²) in [7, 11) is 0. The van der Waals surface area contributed by atoms with Gasteiger partial charge in [0.2, 0.25) is 0 Å². The normalized spacial score (nSPS) is 10.6. The first kappa shape index (κ1) is 21.8. The standard InChI is InChI=1S/C24H18BrN3O3/c25-19-8-10-21(11-9-19)28-24(30)18(15-26)14-17-6-12-22(13-7-17)31-16-23(29)27-20-4-2-1-3-5-20/h1-14H,16H2,(H,27,29)(H,28,30)/b18-14+. The highest BCUT2D eigenvalue weighted by atomic mass is 79.9. The van der Waals surface area contributed by atoms with Crippen LogP contribution in [0.4, 0.5) is 11.4 Å². The lowest BCUT2D eigenvalue weighted by molar-refractivity contribution is -0.118. The molecular formula is C24H18BrN3O3. The summed E-state index contributed by atoms with van der Waals surface area (Å²) in [4.78, 5) is 24.3. The number of rotatable bonds is 7. The summed E-state index contributed by atoms with van der Waals surface area (Å²) >= 11 is 3.33. The minimum absolute atomic E-state index is 0.0289. The van der Waals surface area contributed by atoms with E-state index in [9.17, 15) is 14.9 Å². The molecule has 0 saturated heterocycles. The Balaban J connectivity index is 1.57. The molecule has 6 nitrogen and oxygen atoms in total. The van der Waals surface area contributed by atoms with Crippen LogP contribution in [0.2, 0.25) is 0 Å². The quantitative estimate of drug-likeness (QED) is 0.371. The van der Waals surface area contributed by atoms with Gasteiger partial charge in [-0.15, -0.1) is 0 Å². The van der Waals surface area contributed by atoms with Crippen molar-refractivity contribution < 1.29 is 14.3 Å². The number of hydrogen-bond acceptors (Lipinski definition) is 4. The Morgan fingerprint density at radius 3 is 2.19 bits per heavy atom. The van der Waals surface area contributed by atoms with Crippen LogP contribution in [-0.2, 0) is 9.59 Å². The van der Waals surface area contributed by atoms with E-state index in [-0.39, 0.29) is 18.1 Å². The Hall–Kier alpha value is -3.89. The van der Waals surface area contributed by atoms with Crippen LogP contribution < -0.4 is 15.4 Å². The molecule has 0 aliphatic carbocycles. The molecule has 0 fully saturated rings. The first-order valence-corrected chi connectivity index (χ1v) is 10.1. The zero-order valence-corrected chi connectivity index (χ0v) is 17.9. The predicted octanol–water partition coefficient (Wildman–Crippen LogP) is 5.01. The second-order valence-electron chi connectivity index (χ2n) is 6.40. The van der Waals surface area contributed by atoms with Gasteiger partial charge in [-0.2, -0.15) is 5.26 Å². The zero-order valence-electron chi connectivity index (χ0n) is 16.3. The van der Waals surface area contributed by atoms with Crippen LogP contribution in [0.5, 0.6) is 5.75 Å². The summed E-state index contributed by atoms with van der Waals surface area (Å²) in [6, 6.07) is 24.8. The van der Waals surface area contributed by atoms with Crippen LogP contribution in [0, 0.1) is 11.3 Å². The van der Waals surface area contributed by atoms with Gasteiger partial charge >= 0.3 is 0 Å². The first-order valence-electron chi connectivity index (χ1n) is 9.30. The molecule has 2 amide bonds. The van der Waals surface area contributed by atoms with Crippen molar-refractivity contribution in [2.45, 2.75) is 0 Å². The molecule has 0 bridgehead atoms. The number of amides is 2. The average molecular weight is 476 g/mol. The van der Waals surface area contributed by atoms with Crippen molar-refractivity contribution >= 4 is 45.2 Å². The molecule has 0 heterocycles. The zero-order chi connectivity index (χ0) is 22.1. The Morgan fingerprint density at radius 2 is 1.55 bits per heavy atom. The van der Waals surface area contributed by atoms with Crippen molar-refractivity contribution in [2.75, 3.05) is 17.2 Å². The van der Waals surface area contributed by atoms with Gasteiger partial charge in [-0.25, -0.2) is 0 Å². The SMILES string of the molecule is N#C/C(=C\c1ccc(OCC(=O)Nc2ccccc2)cc1)C(=O)Nc1ccc(Br)cc1. The smallest absolute Gasteiger partial charge is 0.266 e. The van der Waals surface area contributed by atoms with E-state index in [1.807, 2.05) is 24.3 Å². The number of carbonyl (C=O) groups excluding carboxylic acids is 2. The predicted molar refractivity (Wildman–Crippen MR) is 123 cm³/mol. The van der Waals surface area contributed by atoms with Crippen LogP contribution in [0.15, 0.2) is 88.9 Å². The highest BCUT2D eigenvalue weighted by Crippen LogP contribution is 2.17. The molecule has 0 saturated carbocycles. The lowest BCUT2D eigenvalue weighted by Gasteiger charge is -2.08. The maximum atomic E-state index is 12.3. The van der Waals surface area contributed by atoms with Crippen molar-refractivity contribution in [1.82, 2.24) is 0 Å². The second kappa shape index (κ2) is 10.8. The molecule has 0 atom stereocenters. The number of carbonyl (C=O) groups is 2. The number of benzene rings is 3. The van der Waals surface area contributed by atoms with Crippen LogP contribution in [0.25, 0.3) is 6.08 Å². The number of halogens is 1. The van der Waals surface area contributed by atoms with E-state index < -0.39 is 5.91 Å². The summed E-state index contributed by atoms with van der Waals surface area (Å²) in [5.41, 5.74) is 1.91. The molecule has 7 heteroatoms. The van der Waals surface area contributed by atoms with Crippen LogP contribution in [-0.4, -0.2) is 18.4 Å². The minimum Gasteiger partial charge on any atom is -0.484 e. The van der Waals surface area contributed by atoms with Gasteiger partial charge < -0.3 is 15.4 Å². The van der Waals surface area contributed by atoms with Gasteiger partial charge in [-0.3, -0.25) is 9.59 Å². The van der Waals surface area contributed by atoms with E-state index in [0.717, 1.165) is 4.47 Å². The van der Waals surface area contributed by atoms with Crippen molar-refractivity contribution in [1.29, 1.82) is 5.26 Å². The Morgan fingerprint density at radius 1 is 0.903 bits per heavy atom. The molecule has 2 N–H and O–H groups in total. The topological polar surface area (TPSA) is 91.2 Å². The fraction of sp³-hybridized carbons (Fsp3) is 0.0417. The van der Waals surface area contributed by atoms with Gasteiger partial charge in [-0.1, -0.05) is 46.3 Å². The number of nitrogens with zero attached hydrogens (tertiary/aromatic N) is 1. The lowest BCUT2D eigenvalue weighted by Crippen LogP contribution is -2.20. The molecule has 0 radical (unpaired) electrons. The largest absolute Gasteiger partial charge is 0.484 e. The molecule has 3 aromatic rings. The molecule has 0 aliphatic rings. The summed E-state index contributed by atoms with van der Waals surface area (Å²) in [5, 5.41) is 14.8. The Labute approximate surface area is 188 Å². The third-order valence-corrected chi connectivity index (χ3v) is 4.61. The summed E-state index contributed by atoms with van der Waals surface area (Å²) in [6.07, 6.45) is 1.49. The van der Waals surface area contributed by atoms with Crippen molar-refractivity contribution in [3.8, 4) is 11.8 Å². The highest BCUT2D eigenvalue weighted by molar-refractivity contribution is 9.10. The molecular weight excluding hydrogens is 458 g/mol. The fourth-order valence-corrected chi connectivity index (χ4v) is 2.84. The molecule has 3 aromatic carbocycles. The molecule has 154 valence electrons. The van der Waals surface area contributed by atoms with Crippen LogP contribution in [0.1, 0.15) is 5.56 Å². The van der Waals surface area contributed by atoms with Gasteiger partial charge in [0.1, 0.15) is 17.4 Å². The van der Waals surface area contributed by atoms with Crippen LogP contribution >= 0.6 is 15.9 Å². The summed E-state index contributed by atoms with van der Waals surface area (Å²) in [6.45, 7) is -0.136. The van der Waals surface area contributed by atoms with Gasteiger partial charge in [0.15, 0.2) is 6.61 Å². The molecule has 3 rings (SSSR count). The number of nitriles is 1. The number of anilines is 2. The van der Waals surface area contributed by atoms with E-state index >= 15 is 0 Å². The highest BCUT2D eigenvalue weighted by Gasteiger charge is 2.10. The van der Waals surface area contributed by atoms with Gasteiger partial charge in [0.05, 0.1) is 0 Å². The molecule has 0 unspecified atom stereocenters. The van der Waals surface area contributed by atoms with Crippen molar-refractivity contribution in [2.24, 2.45) is 0 Å². The maximum absolute atomic E-state index is 12.3. The van der Waals surface area contributed by atoms with E-state index in [1.54, 1.807) is 60.7 Å². The molecule has 0 aliphatic heterocycles. The monoisotopic (exact) mass is 475 g/mol. The van der Waals surface area contributed by atoms with E-state index in [2.05, 4.69) is 26.6 Å². The number of para-hydroxylation sites is 1. The average Bonchev–Trinajstić information content (AvgIpc) is 2.79. The molecule has 0 aromatic heterocycles. The number of ether oxygens (including phenoxy) is 1. The van der Waals surface area contributed by atoms with E-state index in [4.69, 9.17) is 4.74 Å². The minimum atomic E-state index is -0.497. The number of hydrogen-bond donors (Lipinski definition) is 2. The lowest BCUT2D eigenvalue weighted by atomic mass is 10.1. The van der Waals surface area contributed by atoms with E-state index in [1.165, 1.54) is 6.08 Å². The third kappa shape index (κ3) is 6.84. The maximum Gasteiger partial charge on any atom is 0.266 e. The third-order valence-electron chi connectivity index (χ3n) is 4.09.